The number of carbonyl (C=O) groups excluding carboxylic acids is 1. The maximum absolute atomic E-state index is 14.1. The fraction of sp³-hybridized carbons (Fsp3) is 0.919. The van der Waals surface area contributed by atoms with E-state index >= 15 is 0 Å². The van der Waals surface area contributed by atoms with Crippen molar-refractivity contribution >= 4 is 5.97 Å². The molecule has 0 radical (unpaired) electrons. The van der Waals surface area contributed by atoms with Crippen LogP contribution in [-0.4, -0.2) is 137 Å². The number of aliphatic hydroxyl groups excluding tert-OH is 3. The van der Waals surface area contributed by atoms with Crippen LogP contribution >= 0.6 is 0 Å². The van der Waals surface area contributed by atoms with Gasteiger partial charge in [-0.2, -0.15) is 0 Å². The van der Waals surface area contributed by atoms with Crippen molar-refractivity contribution in [3.05, 3.63) is 11.3 Å². The van der Waals surface area contributed by atoms with Gasteiger partial charge < -0.3 is 58.5 Å². The third-order valence-electron chi connectivity index (χ3n) is 12.0. The Morgan fingerprint density at radius 2 is 1.60 bits per heavy atom. The summed E-state index contributed by atoms with van der Waals surface area (Å²) in [7, 11) is 5.34. The summed E-state index contributed by atoms with van der Waals surface area (Å²) in [4.78, 5) is 16.1. The number of rotatable bonds is 7. The van der Waals surface area contributed by atoms with Gasteiger partial charge in [0.2, 0.25) is 0 Å². The van der Waals surface area contributed by atoms with Gasteiger partial charge in [-0.15, -0.1) is 0 Å². The number of carbonyl (C=O) groups is 1. The van der Waals surface area contributed by atoms with Crippen LogP contribution in [0.25, 0.3) is 0 Å². The summed E-state index contributed by atoms with van der Waals surface area (Å²) in [5.74, 6) is -2.31. The van der Waals surface area contributed by atoms with Crippen LogP contribution < -0.4 is 0 Å². The standard InChI is InChI=1S/C37H65NO12/c1-14-25-37(10,43)30(40)20(4)28-18(2)16-36(9,50-28)32(49-34-27(39)24(38(11)12)15-19(3)45-34)21(5)29(22(6)33(42)47-25)48-26-17-35(8,44-13)31(41)23(7)46-26/h19-27,29-32,34,39-41,43H,14-17H2,1-13H3/t19-,20+,21+,22-,23+,24+,25-,26?,27-,29+,30-,31+,32-,34?,35-,36+,37-/m1/s1. The van der Waals surface area contributed by atoms with E-state index in [9.17, 15) is 25.2 Å². The van der Waals surface area contributed by atoms with E-state index in [1.165, 1.54) is 14.0 Å². The van der Waals surface area contributed by atoms with Crippen molar-refractivity contribution in [3.8, 4) is 0 Å². The summed E-state index contributed by atoms with van der Waals surface area (Å²) in [5, 5.41) is 45.9. The Labute approximate surface area is 298 Å². The summed E-state index contributed by atoms with van der Waals surface area (Å²) in [6.07, 6.45) is -7.39. The van der Waals surface area contributed by atoms with Gasteiger partial charge in [-0.1, -0.05) is 20.8 Å². The van der Waals surface area contributed by atoms with Crippen molar-refractivity contribution < 1.29 is 58.4 Å². The van der Waals surface area contributed by atoms with Gasteiger partial charge in [0.25, 0.3) is 0 Å². The predicted octanol–water partition coefficient (Wildman–Crippen LogP) is 2.89. The van der Waals surface area contributed by atoms with Crippen molar-refractivity contribution in [2.75, 3.05) is 21.2 Å². The SMILES string of the molecule is CC[C@H]1OC(=O)[C@H](C)[C@@H](OC2C[C@@](C)(OC)[C@@H](O)[C@H](C)O2)[C@H](C)[C@@H](OC2O[C@H](C)C[C@H](N(C)C)[C@H]2O)[C@]2(C)CC(C)=C(O2)[C@H](C)[C@@H](O)[C@]1(C)O. The highest BCUT2D eigenvalue weighted by molar-refractivity contribution is 5.73. The molecule has 0 saturated carbocycles. The lowest BCUT2D eigenvalue weighted by Crippen LogP contribution is -2.60. The topological polar surface area (TPSA) is 166 Å². The highest BCUT2D eigenvalue weighted by Gasteiger charge is 2.56. The van der Waals surface area contributed by atoms with Gasteiger partial charge in [0.1, 0.15) is 41.4 Å². The van der Waals surface area contributed by atoms with E-state index < -0.39 is 95.8 Å². The fourth-order valence-corrected chi connectivity index (χ4v) is 8.73. The molecule has 50 heavy (non-hydrogen) atoms. The number of fused-ring (bicyclic) bond motifs is 2. The minimum absolute atomic E-state index is 0.173. The van der Waals surface area contributed by atoms with Crippen LogP contribution in [0.15, 0.2) is 11.3 Å². The van der Waals surface area contributed by atoms with Crippen molar-refractivity contribution in [2.24, 2.45) is 17.8 Å². The average molecular weight is 716 g/mol. The molecule has 0 aromatic rings. The predicted molar refractivity (Wildman–Crippen MR) is 184 cm³/mol. The molecule has 0 amide bonds. The molecule has 17 atom stereocenters. The molecule has 13 nitrogen and oxygen atoms in total. The minimum Gasteiger partial charge on any atom is -0.489 e. The zero-order chi connectivity index (χ0) is 37.7. The lowest BCUT2D eigenvalue weighted by Gasteiger charge is -2.48. The minimum atomic E-state index is -1.82. The van der Waals surface area contributed by atoms with E-state index in [2.05, 4.69) is 0 Å². The number of nitrogens with zero attached hydrogens (tertiary/aromatic N) is 1. The molecule has 2 bridgehead atoms. The Morgan fingerprint density at radius 1 is 0.960 bits per heavy atom. The Balaban J connectivity index is 1.84. The van der Waals surface area contributed by atoms with Crippen LogP contribution in [0, 0.1) is 17.8 Å². The number of ether oxygens (including phenoxy) is 7. The number of likely N-dealkylation sites (N-methyl/N-ethyl adjacent to an activating group) is 1. The van der Waals surface area contributed by atoms with E-state index in [4.69, 9.17) is 33.2 Å². The molecule has 290 valence electrons. The first-order valence-corrected chi connectivity index (χ1v) is 18.3. The largest absolute Gasteiger partial charge is 0.489 e. The first kappa shape index (κ1) is 41.4. The van der Waals surface area contributed by atoms with Gasteiger partial charge >= 0.3 is 5.97 Å². The molecule has 0 aliphatic carbocycles. The van der Waals surface area contributed by atoms with Crippen molar-refractivity contribution in [3.63, 3.8) is 0 Å². The smallest absolute Gasteiger partial charge is 0.311 e. The van der Waals surface area contributed by atoms with Gasteiger partial charge in [-0.3, -0.25) is 4.79 Å². The number of hydrogen-bond donors (Lipinski definition) is 4. The van der Waals surface area contributed by atoms with Crippen LogP contribution in [0.2, 0.25) is 0 Å². The summed E-state index contributed by atoms with van der Waals surface area (Å²) >= 11 is 0. The third-order valence-corrected chi connectivity index (χ3v) is 12.0. The Hall–Kier alpha value is -1.39. The quantitative estimate of drug-likeness (QED) is 0.285. The Kier molecular flexibility index (Phi) is 12.8. The van der Waals surface area contributed by atoms with Crippen LogP contribution in [0.4, 0.5) is 0 Å². The third kappa shape index (κ3) is 7.93. The molecule has 0 aromatic carbocycles. The van der Waals surface area contributed by atoms with E-state index in [0.717, 1.165) is 5.57 Å². The molecule has 4 heterocycles. The summed E-state index contributed by atoms with van der Waals surface area (Å²) in [6, 6.07) is -0.235. The molecule has 4 rings (SSSR count). The van der Waals surface area contributed by atoms with Gasteiger partial charge in [0.15, 0.2) is 12.6 Å². The molecule has 0 spiro atoms. The van der Waals surface area contributed by atoms with Crippen molar-refractivity contribution in [2.45, 2.75) is 179 Å². The van der Waals surface area contributed by atoms with Crippen LogP contribution in [-0.2, 0) is 38.0 Å². The Morgan fingerprint density at radius 3 is 2.18 bits per heavy atom. The number of hydrogen-bond acceptors (Lipinski definition) is 13. The van der Waals surface area contributed by atoms with E-state index in [1.807, 2.05) is 46.7 Å². The zero-order valence-electron chi connectivity index (χ0n) is 32.4. The van der Waals surface area contributed by atoms with E-state index in [0.29, 0.717) is 18.6 Å². The molecular weight excluding hydrogens is 650 g/mol. The molecule has 3 saturated heterocycles. The maximum atomic E-state index is 14.1. The van der Waals surface area contributed by atoms with Crippen molar-refractivity contribution in [1.82, 2.24) is 4.90 Å². The average Bonchev–Trinajstić information content (AvgIpc) is 3.37. The second-order valence-electron chi connectivity index (χ2n) is 16.3. The van der Waals surface area contributed by atoms with Gasteiger partial charge in [0.05, 0.1) is 35.9 Å². The molecular formula is C37H65NO12. The maximum Gasteiger partial charge on any atom is 0.311 e. The van der Waals surface area contributed by atoms with Crippen molar-refractivity contribution in [1.29, 1.82) is 0 Å². The molecule has 4 N–H and O–H groups in total. The first-order chi connectivity index (χ1) is 23.1. The number of aliphatic hydroxyl groups is 4. The zero-order valence-corrected chi connectivity index (χ0v) is 32.4. The molecule has 3 fully saturated rings. The van der Waals surface area contributed by atoms with E-state index in [1.54, 1.807) is 34.6 Å². The van der Waals surface area contributed by atoms with Gasteiger partial charge in [-0.25, -0.2) is 0 Å². The normalized spacial score (nSPS) is 49.5. The Bertz CT molecular complexity index is 1210. The summed E-state index contributed by atoms with van der Waals surface area (Å²) in [6.45, 7) is 18.0. The summed E-state index contributed by atoms with van der Waals surface area (Å²) < 4.78 is 44.6. The monoisotopic (exact) mass is 715 g/mol. The highest BCUT2D eigenvalue weighted by atomic mass is 16.7. The summed E-state index contributed by atoms with van der Waals surface area (Å²) in [5.41, 5.74) is -3.00. The lowest BCUT2D eigenvalue weighted by atomic mass is 9.78. The van der Waals surface area contributed by atoms with Crippen LogP contribution in [0.1, 0.15) is 94.9 Å². The molecule has 0 aromatic heterocycles. The lowest BCUT2D eigenvalue weighted by molar-refractivity contribution is -0.316. The van der Waals surface area contributed by atoms with Crippen LogP contribution in [0.5, 0.6) is 0 Å². The van der Waals surface area contributed by atoms with Crippen LogP contribution in [0.3, 0.4) is 0 Å². The second kappa shape index (κ2) is 15.5. The molecule has 4 aliphatic rings. The second-order valence-corrected chi connectivity index (χ2v) is 16.3. The fourth-order valence-electron chi connectivity index (χ4n) is 8.73. The number of methoxy groups -OCH3 is 1. The molecule has 2 unspecified atom stereocenters. The number of cyclic esters (lactones) is 1. The number of esters is 1. The highest BCUT2D eigenvalue weighted by Crippen LogP contribution is 2.47. The van der Waals surface area contributed by atoms with Gasteiger partial charge in [0, 0.05) is 37.8 Å². The first-order valence-electron chi connectivity index (χ1n) is 18.3. The molecule has 4 aliphatic heterocycles. The van der Waals surface area contributed by atoms with E-state index in [-0.39, 0.29) is 25.0 Å². The molecule has 13 heteroatoms. The van der Waals surface area contributed by atoms with Gasteiger partial charge in [-0.05, 0) is 81.0 Å².